The number of hydrogen-bond acceptors (Lipinski definition) is 7. The molecule has 0 atom stereocenters. The van der Waals surface area contributed by atoms with Crippen molar-refractivity contribution < 1.29 is 0 Å². The molecule has 0 amide bonds. The fourth-order valence-corrected chi connectivity index (χ4v) is 4.49. The van der Waals surface area contributed by atoms with Crippen LogP contribution in [0, 0.1) is 0 Å². The first kappa shape index (κ1) is 22.6. The summed E-state index contributed by atoms with van der Waals surface area (Å²) in [6.07, 6.45) is 4.04. The van der Waals surface area contributed by atoms with E-state index in [-0.39, 0.29) is 12.0 Å². The van der Waals surface area contributed by atoms with Gasteiger partial charge in [0.1, 0.15) is 11.0 Å². The van der Waals surface area contributed by atoms with Crippen LogP contribution in [0.1, 0.15) is 71.0 Å². The van der Waals surface area contributed by atoms with Crippen LogP contribution in [0.4, 0.5) is 23.1 Å². The summed E-state index contributed by atoms with van der Waals surface area (Å²) in [4.78, 5) is 9.80. The molecule has 32 heavy (non-hydrogen) atoms. The molecule has 1 aromatic carbocycles. The number of aromatic nitrogens is 4. The van der Waals surface area contributed by atoms with Crippen LogP contribution in [0.5, 0.6) is 0 Å². The van der Waals surface area contributed by atoms with Crippen LogP contribution >= 0.6 is 11.6 Å². The minimum atomic E-state index is 0.150. The zero-order valence-corrected chi connectivity index (χ0v) is 19.9. The SMILES string of the molecule is CC(C)c1nn(C(C)C)c2c(Nc3cc(N)cc(Cl)c3)nc(NC3CCC(N)CC3)nc12. The maximum Gasteiger partial charge on any atom is 0.225 e. The molecule has 0 bridgehead atoms. The molecule has 6 N–H and O–H groups in total. The lowest BCUT2D eigenvalue weighted by atomic mass is 9.92. The van der Waals surface area contributed by atoms with Crippen molar-refractivity contribution >= 4 is 45.8 Å². The van der Waals surface area contributed by atoms with Gasteiger partial charge in [0.15, 0.2) is 5.82 Å². The summed E-state index contributed by atoms with van der Waals surface area (Å²) in [5.41, 5.74) is 16.1. The molecule has 8 nitrogen and oxygen atoms in total. The second-order valence-electron chi connectivity index (χ2n) is 9.33. The van der Waals surface area contributed by atoms with Gasteiger partial charge in [0.2, 0.25) is 5.95 Å². The number of anilines is 4. The van der Waals surface area contributed by atoms with E-state index in [1.807, 2.05) is 16.8 Å². The summed E-state index contributed by atoms with van der Waals surface area (Å²) in [6, 6.07) is 6.15. The summed E-state index contributed by atoms with van der Waals surface area (Å²) in [6.45, 7) is 8.48. The van der Waals surface area contributed by atoms with E-state index in [1.165, 1.54) is 0 Å². The highest BCUT2D eigenvalue weighted by Gasteiger charge is 2.24. The molecule has 2 heterocycles. The largest absolute Gasteiger partial charge is 0.399 e. The summed E-state index contributed by atoms with van der Waals surface area (Å²) in [5, 5.41) is 12.4. The average molecular weight is 457 g/mol. The molecule has 2 aromatic heterocycles. The van der Waals surface area contributed by atoms with Crippen molar-refractivity contribution in [3.05, 3.63) is 28.9 Å². The first-order chi connectivity index (χ1) is 15.2. The zero-order valence-electron chi connectivity index (χ0n) is 19.2. The van der Waals surface area contributed by atoms with Crippen molar-refractivity contribution in [3.63, 3.8) is 0 Å². The normalized spacial score (nSPS) is 19.1. The van der Waals surface area contributed by atoms with Crippen LogP contribution in [0.2, 0.25) is 5.02 Å². The fourth-order valence-electron chi connectivity index (χ4n) is 4.25. The number of nitrogen functional groups attached to an aromatic ring is 1. The van der Waals surface area contributed by atoms with Crippen LogP contribution in [0.3, 0.4) is 0 Å². The standard InChI is InChI=1S/C23H33ClN8/c1-12(2)19-20-21(32(31-19)13(3)4)22(27-18-10-14(24)9-16(26)11-18)30-23(29-20)28-17-7-5-15(25)6-8-17/h9-13,15,17H,5-8,25-26H2,1-4H3,(H2,27,28,29,30). The van der Waals surface area contributed by atoms with E-state index in [1.54, 1.807) is 6.07 Å². The number of nitrogens with zero attached hydrogens (tertiary/aromatic N) is 4. The van der Waals surface area contributed by atoms with Gasteiger partial charge in [-0.05, 0) is 63.6 Å². The smallest absolute Gasteiger partial charge is 0.225 e. The molecule has 1 fully saturated rings. The lowest BCUT2D eigenvalue weighted by Gasteiger charge is -2.27. The molecule has 0 spiro atoms. The van der Waals surface area contributed by atoms with Crippen molar-refractivity contribution in [1.82, 2.24) is 19.7 Å². The highest BCUT2D eigenvalue weighted by Crippen LogP contribution is 2.34. The molecule has 1 aliphatic rings. The van der Waals surface area contributed by atoms with Crippen molar-refractivity contribution in [2.45, 2.75) is 77.4 Å². The van der Waals surface area contributed by atoms with Crippen molar-refractivity contribution in [3.8, 4) is 0 Å². The monoisotopic (exact) mass is 456 g/mol. The number of hydrogen-bond donors (Lipinski definition) is 4. The van der Waals surface area contributed by atoms with Crippen LogP contribution < -0.4 is 22.1 Å². The molecular weight excluding hydrogens is 424 g/mol. The van der Waals surface area contributed by atoms with E-state index in [2.05, 4.69) is 38.3 Å². The van der Waals surface area contributed by atoms with Crippen LogP contribution in [0.15, 0.2) is 18.2 Å². The third-order valence-corrected chi connectivity index (χ3v) is 6.11. The number of nitrogens with two attached hydrogens (primary N) is 2. The molecule has 1 saturated carbocycles. The fraction of sp³-hybridized carbons (Fsp3) is 0.522. The number of halogens is 1. The van der Waals surface area contributed by atoms with Crippen LogP contribution in [-0.2, 0) is 0 Å². The van der Waals surface area contributed by atoms with E-state index >= 15 is 0 Å². The summed E-state index contributed by atoms with van der Waals surface area (Å²) < 4.78 is 1.99. The average Bonchev–Trinajstić information content (AvgIpc) is 3.09. The molecule has 172 valence electrons. The number of rotatable bonds is 6. The highest BCUT2D eigenvalue weighted by molar-refractivity contribution is 6.31. The summed E-state index contributed by atoms with van der Waals surface area (Å²) in [7, 11) is 0. The van der Waals surface area contributed by atoms with Crippen molar-refractivity contribution in [2.75, 3.05) is 16.4 Å². The van der Waals surface area contributed by atoms with Gasteiger partial charge in [0, 0.05) is 34.5 Å². The van der Waals surface area contributed by atoms with Gasteiger partial charge >= 0.3 is 0 Å². The predicted molar refractivity (Wildman–Crippen MR) is 133 cm³/mol. The Morgan fingerprint density at radius 3 is 2.41 bits per heavy atom. The Morgan fingerprint density at radius 1 is 1.06 bits per heavy atom. The predicted octanol–water partition coefficient (Wildman–Crippen LogP) is 5.19. The molecular formula is C23H33ClN8. The van der Waals surface area contributed by atoms with Gasteiger partial charge in [-0.15, -0.1) is 0 Å². The highest BCUT2D eigenvalue weighted by atomic mass is 35.5. The number of fused-ring (bicyclic) bond motifs is 1. The van der Waals surface area contributed by atoms with Gasteiger partial charge in [-0.25, -0.2) is 4.98 Å². The van der Waals surface area contributed by atoms with E-state index in [4.69, 9.17) is 38.1 Å². The Labute approximate surface area is 194 Å². The first-order valence-electron chi connectivity index (χ1n) is 11.4. The minimum Gasteiger partial charge on any atom is -0.399 e. The Kier molecular flexibility index (Phi) is 6.44. The van der Waals surface area contributed by atoms with Crippen LogP contribution in [0.25, 0.3) is 11.0 Å². The Balaban J connectivity index is 1.82. The molecule has 3 aromatic rings. The molecule has 0 saturated heterocycles. The van der Waals surface area contributed by atoms with Crippen molar-refractivity contribution in [1.29, 1.82) is 0 Å². The number of nitrogens with one attached hydrogen (secondary N) is 2. The molecule has 0 unspecified atom stereocenters. The van der Waals surface area contributed by atoms with Crippen molar-refractivity contribution in [2.24, 2.45) is 5.73 Å². The Morgan fingerprint density at radius 2 is 1.78 bits per heavy atom. The van der Waals surface area contributed by atoms with E-state index in [0.29, 0.717) is 34.6 Å². The third kappa shape index (κ3) is 4.76. The Hall–Kier alpha value is -2.58. The molecule has 4 rings (SSSR count). The molecule has 0 aliphatic heterocycles. The molecule has 9 heteroatoms. The Bertz CT molecular complexity index is 1080. The lowest BCUT2D eigenvalue weighted by molar-refractivity contribution is 0.410. The maximum absolute atomic E-state index is 6.24. The van der Waals surface area contributed by atoms with Gasteiger partial charge < -0.3 is 22.1 Å². The molecule has 0 radical (unpaired) electrons. The van der Waals surface area contributed by atoms with Gasteiger partial charge in [-0.3, -0.25) is 4.68 Å². The summed E-state index contributed by atoms with van der Waals surface area (Å²) in [5.74, 6) is 1.50. The van der Waals surface area contributed by atoms with E-state index in [9.17, 15) is 0 Å². The minimum absolute atomic E-state index is 0.150. The number of benzene rings is 1. The van der Waals surface area contributed by atoms with E-state index < -0.39 is 0 Å². The summed E-state index contributed by atoms with van der Waals surface area (Å²) >= 11 is 6.24. The van der Waals surface area contributed by atoms with Crippen LogP contribution in [-0.4, -0.2) is 31.8 Å². The first-order valence-corrected chi connectivity index (χ1v) is 11.7. The second-order valence-corrected chi connectivity index (χ2v) is 9.76. The lowest BCUT2D eigenvalue weighted by Crippen LogP contribution is -2.33. The quantitative estimate of drug-likeness (QED) is 0.376. The topological polar surface area (TPSA) is 120 Å². The zero-order chi connectivity index (χ0) is 23.0. The van der Waals surface area contributed by atoms with E-state index in [0.717, 1.165) is 48.1 Å². The third-order valence-electron chi connectivity index (χ3n) is 5.90. The molecule has 1 aliphatic carbocycles. The van der Waals surface area contributed by atoms with Gasteiger partial charge in [-0.2, -0.15) is 10.1 Å². The van der Waals surface area contributed by atoms with Gasteiger partial charge in [-0.1, -0.05) is 25.4 Å². The van der Waals surface area contributed by atoms with Gasteiger partial charge in [0.05, 0.1) is 5.69 Å². The van der Waals surface area contributed by atoms with Gasteiger partial charge in [0.25, 0.3) is 0 Å². The maximum atomic E-state index is 6.24. The second kappa shape index (κ2) is 9.11.